The highest BCUT2D eigenvalue weighted by atomic mass is 79.9. The Morgan fingerprint density at radius 1 is 1.69 bits per heavy atom. The lowest BCUT2D eigenvalue weighted by Crippen LogP contribution is -2.32. The summed E-state index contributed by atoms with van der Waals surface area (Å²) in [6.07, 6.45) is 3.08. The van der Waals surface area contributed by atoms with E-state index >= 15 is 0 Å². The summed E-state index contributed by atoms with van der Waals surface area (Å²) in [5.74, 6) is 0.867. The number of aromatic nitrogens is 1. The van der Waals surface area contributed by atoms with Crippen molar-refractivity contribution in [3.8, 4) is 0 Å². The Bertz CT molecular complexity index is 410. The summed E-state index contributed by atoms with van der Waals surface area (Å²) in [6, 6.07) is 1.99. The van der Waals surface area contributed by atoms with Crippen LogP contribution in [0.1, 0.15) is 12.8 Å². The highest BCUT2D eigenvalue weighted by Gasteiger charge is 2.20. The predicted molar refractivity (Wildman–Crippen MR) is 66.0 cm³/mol. The molecule has 0 bridgehead atoms. The molecule has 0 aliphatic carbocycles. The number of hydrogen-bond acceptors (Lipinski definition) is 4. The van der Waals surface area contributed by atoms with Gasteiger partial charge in [-0.25, -0.2) is 4.98 Å². The van der Waals surface area contributed by atoms with Gasteiger partial charge in [0.15, 0.2) is 0 Å². The lowest BCUT2D eigenvalue weighted by Gasteiger charge is -2.12. The second kappa shape index (κ2) is 4.69. The van der Waals surface area contributed by atoms with Crippen LogP contribution in [0.2, 0.25) is 0 Å². The molecule has 5 nitrogen and oxygen atoms in total. The second-order valence-electron chi connectivity index (χ2n) is 3.78. The fourth-order valence-corrected chi connectivity index (χ4v) is 2.14. The lowest BCUT2D eigenvalue weighted by molar-refractivity contribution is -0.119. The van der Waals surface area contributed by atoms with Crippen molar-refractivity contribution in [2.24, 2.45) is 0 Å². The van der Waals surface area contributed by atoms with E-state index in [4.69, 9.17) is 5.73 Å². The van der Waals surface area contributed by atoms with Crippen molar-refractivity contribution in [1.29, 1.82) is 0 Å². The van der Waals surface area contributed by atoms with Crippen LogP contribution in [0.3, 0.4) is 0 Å². The van der Waals surface area contributed by atoms with E-state index in [-0.39, 0.29) is 11.9 Å². The zero-order valence-corrected chi connectivity index (χ0v) is 10.3. The van der Waals surface area contributed by atoms with Gasteiger partial charge in [-0.3, -0.25) is 4.79 Å². The van der Waals surface area contributed by atoms with Gasteiger partial charge in [0, 0.05) is 19.0 Å². The van der Waals surface area contributed by atoms with E-state index in [0.29, 0.717) is 18.7 Å². The zero-order chi connectivity index (χ0) is 11.5. The minimum Gasteiger partial charge on any atom is -0.397 e. The van der Waals surface area contributed by atoms with Crippen LogP contribution in [0.15, 0.2) is 16.7 Å². The summed E-state index contributed by atoms with van der Waals surface area (Å²) in [4.78, 5) is 15.2. The maximum atomic E-state index is 11.0. The van der Waals surface area contributed by atoms with Crippen molar-refractivity contribution in [1.82, 2.24) is 10.3 Å². The van der Waals surface area contributed by atoms with Crippen molar-refractivity contribution in [3.63, 3.8) is 0 Å². The zero-order valence-electron chi connectivity index (χ0n) is 8.66. The fraction of sp³-hybridized carbons (Fsp3) is 0.400. The van der Waals surface area contributed by atoms with Crippen LogP contribution in [-0.2, 0) is 4.79 Å². The maximum absolute atomic E-state index is 11.0. The van der Waals surface area contributed by atoms with Crippen LogP contribution in [-0.4, -0.2) is 23.5 Å². The Balaban J connectivity index is 1.92. The number of pyridine rings is 1. The number of anilines is 2. The van der Waals surface area contributed by atoms with Crippen molar-refractivity contribution < 1.29 is 4.79 Å². The first-order valence-corrected chi connectivity index (χ1v) is 5.88. The van der Waals surface area contributed by atoms with E-state index in [2.05, 4.69) is 31.5 Å². The molecule has 1 saturated heterocycles. The molecular formula is C10H13BrN4O. The SMILES string of the molecule is Nc1cnc(NCC2CCC(=O)N2)c(Br)c1. The summed E-state index contributed by atoms with van der Waals surface area (Å²) < 4.78 is 0.830. The summed E-state index contributed by atoms with van der Waals surface area (Å²) in [6.45, 7) is 0.682. The summed E-state index contributed by atoms with van der Waals surface area (Å²) in [7, 11) is 0. The molecule has 86 valence electrons. The Kier molecular flexibility index (Phi) is 3.28. The Hall–Kier alpha value is -1.30. The van der Waals surface area contributed by atoms with Crippen molar-refractivity contribution >= 4 is 33.3 Å². The lowest BCUT2D eigenvalue weighted by atomic mass is 10.2. The molecule has 1 aliphatic heterocycles. The van der Waals surface area contributed by atoms with E-state index in [1.54, 1.807) is 12.3 Å². The third-order valence-corrected chi connectivity index (χ3v) is 3.07. The van der Waals surface area contributed by atoms with Crippen molar-refractivity contribution in [3.05, 3.63) is 16.7 Å². The number of nitrogen functional groups attached to an aromatic ring is 1. The molecule has 1 amide bonds. The van der Waals surface area contributed by atoms with E-state index < -0.39 is 0 Å². The number of carbonyl (C=O) groups excluding carboxylic acids is 1. The molecule has 2 rings (SSSR count). The van der Waals surface area contributed by atoms with E-state index in [0.717, 1.165) is 16.7 Å². The average Bonchev–Trinajstić information content (AvgIpc) is 2.63. The summed E-state index contributed by atoms with van der Waals surface area (Å²) in [5.41, 5.74) is 6.20. The van der Waals surface area contributed by atoms with Gasteiger partial charge in [-0.1, -0.05) is 0 Å². The quantitative estimate of drug-likeness (QED) is 0.777. The molecule has 1 aromatic heterocycles. The van der Waals surface area contributed by atoms with Gasteiger partial charge in [0.1, 0.15) is 5.82 Å². The monoisotopic (exact) mass is 284 g/mol. The van der Waals surface area contributed by atoms with Gasteiger partial charge < -0.3 is 16.4 Å². The molecule has 1 atom stereocenters. The Labute approximate surface area is 102 Å². The van der Waals surface area contributed by atoms with Crippen molar-refractivity contribution in [2.75, 3.05) is 17.6 Å². The van der Waals surface area contributed by atoms with E-state index in [1.807, 2.05) is 0 Å². The molecule has 1 unspecified atom stereocenters. The molecule has 1 fully saturated rings. The first-order chi connectivity index (χ1) is 7.65. The van der Waals surface area contributed by atoms with Crippen LogP contribution in [0.5, 0.6) is 0 Å². The van der Waals surface area contributed by atoms with Crippen LogP contribution in [0.25, 0.3) is 0 Å². The largest absolute Gasteiger partial charge is 0.397 e. The number of carbonyl (C=O) groups is 1. The number of nitrogens with zero attached hydrogens (tertiary/aromatic N) is 1. The first-order valence-electron chi connectivity index (χ1n) is 5.09. The van der Waals surface area contributed by atoms with Gasteiger partial charge >= 0.3 is 0 Å². The predicted octanol–water partition coefficient (Wildman–Crippen LogP) is 1.12. The molecule has 2 heterocycles. The number of nitrogens with two attached hydrogens (primary N) is 1. The van der Waals surface area contributed by atoms with Gasteiger partial charge in [-0.15, -0.1) is 0 Å². The summed E-state index contributed by atoms with van der Waals surface area (Å²) >= 11 is 3.38. The molecule has 6 heteroatoms. The molecule has 0 aromatic carbocycles. The highest BCUT2D eigenvalue weighted by Crippen LogP contribution is 2.22. The Morgan fingerprint density at radius 2 is 2.50 bits per heavy atom. The van der Waals surface area contributed by atoms with Crippen LogP contribution in [0.4, 0.5) is 11.5 Å². The minimum absolute atomic E-state index is 0.121. The number of hydrogen-bond donors (Lipinski definition) is 3. The molecule has 0 saturated carbocycles. The average molecular weight is 285 g/mol. The summed E-state index contributed by atoms with van der Waals surface area (Å²) in [5, 5.41) is 6.06. The van der Waals surface area contributed by atoms with Gasteiger partial charge in [-0.05, 0) is 28.4 Å². The maximum Gasteiger partial charge on any atom is 0.220 e. The molecule has 4 N–H and O–H groups in total. The van der Waals surface area contributed by atoms with Gasteiger partial charge in [0.25, 0.3) is 0 Å². The first kappa shape index (κ1) is 11.2. The minimum atomic E-state index is 0.121. The second-order valence-corrected chi connectivity index (χ2v) is 4.64. The smallest absolute Gasteiger partial charge is 0.220 e. The standard InChI is InChI=1S/C10H13BrN4O/c11-8-3-6(12)4-13-10(8)14-5-7-1-2-9(16)15-7/h3-4,7H,1-2,5,12H2,(H,13,14)(H,15,16). The molecule has 0 spiro atoms. The third kappa shape index (κ3) is 2.63. The molecular weight excluding hydrogens is 272 g/mol. The molecule has 1 aliphatic rings. The topological polar surface area (TPSA) is 80.0 Å². The number of amides is 1. The normalized spacial score (nSPS) is 19.6. The van der Waals surface area contributed by atoms with Gasteiger partial charge in [-0.2, -0.15) is 0 Å². The van der Waals surface area contributed by atoms with Gasteiger partial charge in [0.2, 0.25) is 5.91 Å². The van der Waals surface area contributed by atoms with Crippen LogP contribution < -0.4 is 16.4 Å². The third-order valence-electron chi connectivity index (χ3n) is 2.46. The Morgan fingerprint density at radius 3 is 3.12 bits per heavy atom. The van der Waals surface area contributed by atoms with Crippen LogP contribution >= 0.6 is 15.9 Å². The molecule has 16 heavy (non-hydrogen) atoms. The number of nitrogens with one attached hydrogen (secondary N) is 2. The highest BCUT2D eigenvalue weighted by molar-refractivity contribution is 9.10. The number of rotatable bonds is 3. The van der Waals surface area contributed by atoms with Crippen LogP contribution in [0, 0.1) is 0 Å². The fourth-order valence-electron chi connectivity index (χ4n) is 1.63. The molecule has 0 radical (unpaired) electrons. The van der Waals surface area contributed by atoms with E-state index in [1.165, 1.54) is 0 Å². The van der Waals surface area contributed by atoms with Crippen molar-refractivity contribution in [2.45, 2.75) is 18.9 Å². The molecule has 1 aromatic rings. The van der Waals surface area contributed by atoms with Gasteiger partial charge in [0.05, 0.1) is 16.4 Å². The number of halogens is 1. The van der Waals surface area contributed by atoms with E-state index in [9.17, 15) is 4.79 Å².